The Morgan fingerprint density at radius 1 is 1.50 bits per heavy atom. The Balaban J connectivity index is 2.35. The van der Waals surface area contributed by atoms with Gasteiger partial charge in [0.2, 0.25) is 0 Å². The van der Waals surface area contributed by atoms with Crippen LogP contribution < -0.4 is 5.73 Å². The van der Waals surface area contributed by atoms with Gasteiger partial charge in [-0.15, -0.1) is 0 Å². The Morgan fingerprint density at radius 2 is 2.21 bits per heavy atom. The van der Waals surface area contributed by atoms with Gasteiger partial charge in [0.1, 0.15) is 5.60 Å². The fourth-order valence-corrected chi connectivity index (χ4v) is 2.03. The molecule has 0 bridgehead atoms. The van der Waals surface area contributed by atoms with E-state index in [1.807, 2.05) is 12.1 Å². The monoisotopic (exact) mass is 211 g/mol. The first-order valence-corrected chi connectivity index (χ1v) is 5.23. The second-order valence-corrected chi connectivity index (χ2v) is 4.35. The molecule has 0 spiro atoms. The topological polar surface area (TPSA) is 46.2 Å². The lowest BCUT2D eigenvalue weighted by atomic mass is 9.89. The van der Waals surface area contributed by atoms with E-state index in [4.69, 9.17) is 17.3 Å². The highest BCUT2D eigenvalue weighted by molar-refractivity contribution is 6.30. The summed E-state index contributed by atoms with van der Waals surface area (Å²) < 4.78 is 0. The maximum atomic E-state index is 10.4. The molecule has 3 heteroatoms. The average Bonchev–Trinajstić information content (AvgIpc) is 3.00. The van der Waals surface area contributed by atoms with Gasteiger partial charge >= 0.3 is 0 Å². The molecule has 1 saturated carbocycles. The molecule has 1 aromatic carbocycles. The van der Waals surface area contributed by atoms with Gasteiger partial charge in [0.25, 0.3) is 0 Å². The second kappa shape index (κ2) is 3.54. The van der Waals surface area contributed by atoms with Gasteiger partial charge in [0.05, 0.1) is 0 Å². The fraction of sp³-hybridized carbons (Fsp3) is 0.455. The number of hydrogen-bond acceptors (Lipinski definition) is 2. The van der Waals surface area contributed by atoms with E-state index in [2.05, 4.69) is 0 Å². The maximum Gasteiger partial charge on any atom is 0.105 e. The van der Waals surface area contributed by atoms with E-state index in [0.29, 0.717) is 10.9 Å². The van der Waals surface area contributed by atoms with E-state index in [1.54, 1.807) is 12.1 Å². The average molecular weight is 212 g/mol. The Labute approximate surface area is 88.7 Å². The normalized spacial score (nSPS) is 20.5. The van der Waals surface area contributed by atoms with Gasteiger partial charge in [-0.1, -0.05) is 23.7 Å². The van der Waals surface area contributed by atoms with Crippen LogP contribution in [0.5, 0.6) is 0 Å². The van der Waals surface area contributed by atoms with Crippen molar-refractivity contribution in [1.29, 1.82) is 0 Å². The predicted molar refractivity (Wildman–Crippen MR) is 57.1 cm³/mol. The summed E-state index contributed by atoms with van der Waals surface area (Å²) in [6.07, 6.45) is 2.11. The molecule has 1 unspecified atom stereocenters. The molecular formula is C11H14ClNO. The summed E-state index contributed by atoms with van der Waals surface area (Å²) in [5, 5.41) is 11.0. The first-order valence-electron chi connectivity index (χ1n) is 4.85. The number of rotatable bonds is 3. The summed E-state index contributed by atoms with van der Waals surface area (Å²) >= 11 is 5.88. The van der Waals surface area contributed by atoms with Crippen molar-refractivity contribution in [2.24, 2.45) is 11.7 Å². The molecule has 14 heavy (non-hydrogen) atoms. The number of halogens is 1. The molecule has 0 saturated heterocycles. The SMILES string of the molecule is NCC(O)(c1cccc(Cl)c1)C1CC1. The second-order valence-electron chi connectivity index (χ2n) is 3.91. The van der Waals surface area contributed by atoms with Crippen molar-refractivity contribution in [2.75, 3.05) is 6.54 Å². The van der Waals surface area contributed by atoms with E-state index < -0.39 is 5.60 Å². The molecule has 1 aliphatic carbocycles. The fourth-order valence-electron chi connectivity index (χ4n) is 1.84. The Bertz CT molecular complexity index is 338. The Hall–Kier alpha value is -0.570. The van der Waals surface area contributed by atoms with Gasteiger partial charge in [-0.2, -0.15) is 0 Å². The van der Waals surface area contributed by atoms with Crippen LogP contribution in [0.15, 0.2) is 24.3 Å². The van der Waals surface area contributed by atoms with Crippen LogP contribution >= 0.6 is 11.6 Å². The lowest BCUT2D eigenvalue weighted by Gasteiger charge is -2.27. The number of nitrogens with two attached hydrogens (primary N) is 1. The molecule has 2 rings (SSSR count). The first-order chi connectivity index (χ1) is 6.66. The summed E-state index contributed by atoms with van der Waals surface area (Å²) in [6.45, 7) is 0.262. The number of hydrogen-bond donors (Lipinski definition) is 2. The zero-order chi connectivity index (χ0) is 10.2. The highest BCUT2D eigenvalue weighted by Gasteiger charge is 2.43. The third kappa shape index (κ3) is 1.65. The molecule has 2 nitrogen and oxygen atoms in total. The zero-order valence-electron chi connectivity index (χ0n) is 7.91. The van der Waals surface area contributed by atoms with E-state index in [0.717, 1.165) is 18.4 Å². The van der Waals surface area contributed by atoms with Crippen molar-refractivity contribution >= 4 is 11.6 Å². The lowest BCUT2D eigenvalue weighted by molar-refractivity contribution is 0.0222. The summed E-state index contributed by atoms with van der Waals surface area (Å²) in [4.78, 5) is 0. The molecule has 0 aliphatic heterocycles. The standard InChI is InChI=1S/C11H14ClNO/c12-10-3-1-2-9(6-10)11(14,7-13)8-4-5-8/h1-3,6,8,14H,4-5,7,13H2. The molecule has 1 atom stereocenters. The van der Waals surface area contributed by atoms with Crippen molar-refractivity contribution in [3.05, 3.63) is 34.9 Å². The van der Waals surface area contributed by atoms with Crippen molar-refractivity contribution in [3.8, 4) is 0 Å². The molecule has 0 radical (unpaired) electrons. The lowest BCUT2D eigenvalue weighted by Crippen LogP contribution is -2.37. The minimum Gasteiger partial charge on any atom is -0.384 e. The Morgan fingerprint density at radius 3 is 2.71 bits per heavy atom. The molecule has 3 N–H and O–H groups in total. The highest BCUT2D eigenvalue weighted by atomic mass is 35.5. The number of benzene rings is 1. The summed E-state index contributed by atoms with van der Waals surface area (Å²) in [5.41, 5.74) is 5.61. The molecular weight excluding hydrogens is 198 g/mol. The van der Waals surface area contributed by atoms with E-state index in [-0.39, 0.29) is 6.54 Å². The van der Waals surface area contributed by atoms with Gasteiger partial charge in [0.15, 0.2) is 0 Å². The van der Waals surface area contributed by atoms with Crippen molar-refractivity contribution in [1.82, 2.24) is 0 Å². The van der Waals surface area contributed by atoms with Gasteiger partial charge in [-0.25, -0.2) is 0 Å². The Kier molecular flexibility index (Phi) is 2.52. The van der Waals surface area contributed by atoms with Crippen LogP contribution in [0, 0.1) is 5.92 Å². The van der Waals surface area contributed by atoms with Crippen LogP contribution in [0.3, 0.4) is 0 Å². The molecule has 1 aliphatic rings. The van der Waals surface area contributed by atoms with E-state index in [1.165, 1.54) is 0 Å². The van der Waals surface area contributed by atoms with E-state index >= 15 is 0 Å². The first kappa shape index (κ1) is 9.97. The van der Waals surface area contributed by atoms with Crippen molar-refractivity contribution < 1.29 is 5.11 Å². The van der Waals surface area contributed by atoms with Crippen molar-refractivity contribution in [2.45, 2.75) is 18.4 Å². The quantitative estimate of drug-likeness (QED) is 0.802. The minimum atomic E-state index is -0.870. The van der Waals surface area contributed by atoms with Gasteiger partial charge in [-0.3, -0.25) is 0 Å². The van der Waals surface area contributed by atoms with Crippen LogP contribution in [-0.4, -0.2) is 11.7 Å². The summed E-state index contributed by atoms with van der Waals surface area (Å²) in [6, 6.07) is 7.33. The van der Waals surface area contributed by atoms with E-state index in [9.17, 15) is 5.11 Å². The third-order valence-corrected chi connectivity index (χ3v) is 3.12. The predicted octanol–water partition coefficient (Wildman–Crippen LogP) is 1.90. The molecule has 0 aromatic heterocycles. The third-order valence-electron chi connectivity index (χ3n) is 2.89. The van der Waals surface area contributed by atoms with Crippen LogP contribution in [0.25, 0.3) is 0 Å². The van der Waals surface area contributed by atoms with Crippen LogP contribution in [-0.2, 0) is 5.60 Å². The molecule has 76 valence electrons. The van der Waals surface area contributed by atoms with Crippen LogP contribution in [0.1, 0.15) is 18.4 Å². The summed E-state index contributed by atoms with van der Waals surface area (Å²) in [7, 11) is 0. The maximum absolute atomic E-state index is 10.4. The largest absolute Gasteiger partial charge is 0.384 e. The molecule has 1 aromatic rings. The molecule has 0 amide bonds. The van der Waals surface area contributed by atoms with Crippen LogP contribution in [0.4, 0.5) is 0 Å². The highest BCUT2D eigenvalue weighted by Crippen LogP contribution is 2.45. The zero-order valence-corrected chi connectivity index (χ0v) is 8.67. The molecule has 0 heterocycles. The number of aliphatic hydroxyl groups is 1. The van der Waals surface area contributed by atoms with Crippen LogP contribution in [0.2, 0.25) is 5.02 Å². The van der Waals surface area contributed by atoms with Gasteiger partial charge < -0.3 is 10.8 Å². The van der Waals surface area contributed by atoms with Gasteiger partial charge in [0, 0.05) is 11.6 Å². The smallest absolute Gasteiger partial charge is 0.105 e. The minimum absolute atomic E-state index is 0.262. The van der Waals surface area contributed by atoms with Crippen molar-refractivity contribution in [3.63, 3.8) is 0 Å². The summed E-state index contributed by atoms with van der Waals surface area (Å²) in [5.74, 6) is 0.311. The van der Waals surface area contributed by atoms with Gasteiger partial charge in [-0.05, 0) is 36.5 Å². The molecule has 1 fully saturated rings.